The Labute approximate surface area is 141 Å². The zero-order valence-corrected chi connectivity index (χ0v) is 14.0. The monoisotopic (exact) mass is 348 g/mol. The smallest absolute Gasteiger partial charge is 0.255 e. The molecule has 0 bridgehead atoms. The van der Waals surface area contributed by atoms with Crippen LogP contribution in [0.1, 0.15) is 29.6 Å². The number of likely N-dealkylation sites (tertiary alicyclic amines) is 1. The number of piperidine rings is 1. The number of benzene rings is 1. The van der Waals surface area contributed by atoms with Crippen LogP contribution in [0, 0.1) is 5.41 Å². The molecule has 2 aliphatic heterocycles. The summed E-state index contributed by atoms with van der Waals surface area (Å²) >= 11 is 12.2. The van der Waals surface area contributed by atoms with Gasteiger partial charge in [0.2, 0.25) is 0 Å². The third-order valence-corrected chi connectivity index (χ3v) is 5.39. The Kier molecular flexibility index (Phi) is 5.42. The fourth-order valence-electron chi connectivity index (χ4n) is 3.31. The summed E-state index contributed by atoms with van der Waals surface area (Å²) in [5.41, 5.74) is 0.830. The maximum Gasteiger partial charge on any atom is 0.255 e. The minimum absolute atomic E-state index is 0. The number of halogens is 3. The van der Waals surface area contributed by atoms with Crippen LogP contribution in [0.15, 0.2) is 18.2 Å². The van der Waals surface area contributed by atoms with Crippen LogP contribution < -0.4 is 5.32 Å². The van der Waals surface area contributed by atoms with Crippen LogP contribution in [0.25, 0.3) is 0 Å². The van der Waals surface area contributed by atoms with Crippen LogP contribution in [-0.4, -0.2) is 37.0 Å². The number of hydrogen-bond acceptors (Lipinski definition) is 2. The molecule has 0 aromatic heterocycles. The molecule has 2 fully saturated rings. The molecule has 1 amide bonds. The molecule has 6 heteroatoms. The van der Waals surface area contributed by atoms with E-state index in [0.717, 1.165) is 45.4 Å². The van der Waals surface area contributed by atoms with Crippen molar-refractivity contribution in [2.75, 3.05) is 26.2 Å². The predicted octanol–water partition coefficient (Wildman–Crippen LogP) is 3.63. The Bertz CT molecular complexity index is 530. The van der Waals surface area contributed by atoms with E-state index in [0.29, 0.717) is 21.0 Å². The van der Waals surface area contributed by atoms with Crippen LogP contribution in [0.4, 0.5) is 0 Å². The molecule has 1 N–H and O–H groups in total. The number of nitrogens with one attached hydrogen (secondary N) is 1. The molecule has 3 nitrogen and oxygen atoms in total. The molecular formula is C15H19Cl3N2O. The van der Waals surface area contributed by atoms with E-state index >= 15 is 0 Å². The molecule has 2 heterocycles. The minimum atomic E-state index is 0. The lowest BCUT2D eigenvalue weighted by Crippen LogP contribution is -2.39. The maximum absolute atomic E-state index is 12.6. The van der Waals surface area contributed by atoms with Gasteiger partial charge in [-0.3, -0.25) is 4.79 Å². The zero-order valence-electron chi connectivity index (χ0n) is 11.7. The first-order valence-corrected chi connectivity index (χ1v) is 7.81. The van der Waals surface area contributed by atoms with Gasteiger partial charge in [0.15, 0.2) is 0 Å². The van der Waals surface area contributed by atoms with Gasteiger partial charge in [-0.15, -0.1) is 12.4 Å². The van der Waals surface area contributed by atoms with E-state index in [9.17, 15) is 4.79 Å². The molecule has 1 aromatic rings. The van der Waals surface area contributed by atoms with Gasteiger partial charge in [0.05, 0.1) is 15.6 Å². The van der Waals surface area contributed by atoms with Crippen molar-refractivity contribution in [3.63, 3.8) is 0 Å². The first kappa shape index (κ1) is 16.9. The summed E-state index contributed by atoms with van der Waals surface area (Å²) < 4.78 is 0. The molecule has 1 aromatic carbocycles. The molecule has 0 aliphatic carbocycles. The number of carbonyl (C=O) groups is 1. The lowest BCUT2D eigenvalue weighted by molar-refractivity contribution is 0.0762. The van der Waals surface area contributed by atoms with Crippen molar-refractivity contribution < 1.29 is 4.79 Å². The normalized spacial score (nSPS) is 20.4. The van der Waals surface area contributed by atoms with Crippen molar-refractivity contribution in [1.82, 2.24) is 10.2 Å². The van der Waals surface area contributed by atoms with Crippen molar-refractivity contribution in [3.8, 4) is 0 Å². The number of carbonyl (C=O) groups excluding carboxylic acids is 1. The average Bonchev–Trinajstić information content (AvgIpc) is 2.86. The molecule has 0 unspecified atom stereocenters. The van der Waals surface area contributed by atoms with Gasteiger partial charge in [-0.05, 0) is 49.9 Å². The van der Waals surface area contributed by atoms with Gasteiger partial charge in [0.25, 0.3) is 5.91 Å². The fraction of sp³-hybridized carbons (Fsp3) is 0.533. The summed E-state index contributed by atoms with van der Waals surface area (Å²) in [7, 11) is 0. The molecule has 1 spiro atoms. The lowest BCUT2D eigenvalue weighted by Gasteiger charge is -2.33. The van der Waals surface area contributed by atoms with Gasteiger partial charge in [-0.1, -0.05) is 29.3 Å². The van der Waals surface area contributed by atoms with E-state index in [-0.39, 0.29) is 18.3 Å². The summed E-state index contributed by atoms with van der Waals surface area (Å²) in [5.74, 6) is 0.00732. The quantitative estimate of drug-likeness (QED) is 0.839. The van der Waals surface area contributed by atoms with Gasteiger partial charge < -0.3 is 10.2 Å². The molecular weight excluding hydrogens is 331 g/mol. The number of nitrogens with zero attached hydrogens (tertiary/aromatic N) is 1. The second-order valence-corrected chi connectivity index (χ2v) is 6.61. The average molecular weight is 350 g/mol. The van der Waals surface area contributed by atoms with Crippen LogP contribution in [-0.2, 0) is 0 Å². The van der Waals surface area contributed by atoms with Gasteiger partial charge >= 0.3 is 0 Å². The van der Waals surface area contributed by atoms with Crippen LogP contribution in [0.5, 0.6) is 0 Å². The van der Waals surface area contributed by atoms with Crippen molar-refractivity contribution in [3.05, 3.63) is 33.8 Å². The predicted molar refractivity (Wildman–Crippen MR) is 88.8 cm³/mol. The number of amides is 1. The molecule has 2 saturated heterocycles. The third kappa shape index (κ3) is 3.31. The van der Waals surface area contributed by atoms with E-state index in [2.05, 4.69) is 5.32 Å². The molecule has 0 radical (unpaired) electrons. The van der Waals surface area contributed by atoms with Gasteiger partial charge in [0, 0.05) is 13.1 Å². The topological polar surface area (TPSA) is 32.3 Å². The Morgan fingerprint density at radius 2 is 1.90 bits per heavy atom. The van der Waals surface area contributed by atoms with Gasteiger partial charge in [-0.25, -0.2) is 0 Å². The highest BCUT2D eigenvalue weighted by Crippen LogP contribution is 2.39. The summed E-state index contributed by atoms with van der Waals surface area (Å²) in [6.07, 6.45) is 3.40. The van der Waals surface area contributed by atoms with E-state index in [1.165, 1.54) is 0 Å². The molecule has 0 atom stereocenters. The number of rotatable bonds is 1. The third-order valence-electron chi connectivity index (χ3n) is 4.57. The fourth-order valence-corrected chi connectivity index (χ4v) is 3.69. The summed E-state index contributed by atoms with van der Waals surface area (Å²) in [5, 5.41) is 4.19. The summed E-state index contributed by atoms with van der Waals surface area (Å²) in [4.78, 5) is 14.5. The van der Waals surface area contributed by atoms with Crippen LogP contribution in [0.2, 0.25) is 10.0 Å². The van der Waals surface area contributed by atoms with Crippen molar-refractivity contribution >= 4 is 41.5 Å². The molecule has 2 aliphatic rings. The van der Waals surface area contributed by atoms with Crippen molar-refractivity contribution in [2.24, 2.45) is 5.41 Å². The van der Waals surface area contributed by atoms with E-state index in [4.69, 9.17) is 23.2 Å². The van der Waals surface area contributed by atoms with Gasteiger partial charge in [-0.2, -0.15) is 0 Å². The lowest BCUT2D eigenvalue weighted by atomic mass is 9.78. The van der Waals surface area contributed by atoms with Crippen LogP contribution >= 0.6 is 35.6 Å². The first-order valence-electron chi connectivity index (χ1n) is 7.05. The van der Waals surface area contributed by atoms with E-state index < -0.39 is 0 Å². The highest BCUT2D eigenvalue weighted by atomic mass is 35.5. The minimum Gasteiger partial charge on any atom is -0.338 e. The second kappa shape index (κ2) is 6.74. The second-order valence-electron chi connectivity index (χ2n) is 5.83. The Morgan fingerprint density at radius 1 is 1.19 bits per heavy atom. The standard InChI is InChI=1S/C15H18Cl2N2O.ClH/c16-12-3-1-2-11(13(12)17)14(20)19-9-6-15(10-19)4-7-18-8-5-15;/h1-3,18H,4-10H2;1H. The first-order chi connectivity index (χ1) is 9.61. The zero-order chi connectivity index (χ0) is 14.2. The molecule has 116 valence electrons. The van der Waals surface area contributed by atoms with Crippen molar-refractivity contribution in [2.45, 2.75) is 19.3 Å². The summed E-state index contributed by atoms with van der Waals surface area (Å²) in [6.45, 7) is 3.78. The Hall–Kier alpha value is -0.480. The van der Waals surface area contributed by atoms with Crippen molar-refractivity contribution in [1.29, 1.82) is 0 Å². The molecule has 21 heavy (non-hydrogen) atoms. The summed E-state index contributed by atoms with van der Waals surface area (Å²) in [6, 6.07) is 5.24. The Balaban J connectivity index is 0.00000161. The van der Waals surface area contributed by atoms with E-state index in [1.807, 2.05) is 4.90 Å². The SMILES string of the molecule is Cl.O=C(c1cccc(Cl)c1Cl)N1CCC2(CCNCC2)C1. The highest BCUT2D eigenvalue weighted by Gasteiger charge is 2.40. The highest BCUT2D eigenvalue weighted by molar-refractivity contribution is 6.43. The number of hydrogen-bond donors (Lipinski definition) is 1. The van der Waals surface area contributed by atoms with E-state index in [1.54, 1.807) is 18.2 Å². The maximum atomic E-state index is 12.6. The van der Waals surface area contributed by atoms with Gasteiger partial charge in [0.1, 0.15) is 0 Å². The molecule has 3 rings (SSSR count). The largest absolute Gasteiger partial charge is 0.338 e. The molecule has 0 saturated carbocycles. The Morgan fingerprint density at radius 3 is 2.62 bits per heavy atom. The van der Waals surface area contributed by atoms with Crippen LogP contribution in [0.3, 0.4) is 0 Å².